The highest BCUT2D eigenvalue weighted by Crippen LogP contribution is 2.36. The average Bonchev–Trinajstić information content (AvgIpc) is 2.46. The summed E-state index contributed by atoms with van der Waals surface area (Å²) in [6, 6.07) is 21.0. The SMILES string of the molecule is C=C(C)CC(CN)(c1ccccc1)c1ccccc1. The Morgan fingerprint density at radius 3 is 1.68 bits per heavy atom. The summed E-state index contributed by atoms with van der Waals surface area (Å²) in [5, 5.41) is 0. The summed E-state index contributed by atoms with van der Waals surface area (Å²) in [6.07, 6.45) is 0.873. The standard InChI is InChI=1S/C18H21N/c1-15(2)13-18(14-19,16-9-5-3-6-10-16)17-11-7-4-8-12-17/h3-12H,1,13-14,19H2,2H3. The average molecular weight is 251 g/mol. The van der Waals surface area contributed by atoms with Crippen LogP contribution in [0.4, 0.5) is 0 Å². The molecule has 0 fully saturated rings. The van der Waals surface area contributed by atoms with Crippen molar-refractivity contribution in [1.82, 2.24) is 0 Å². The van der Waals surface area contributed by atoms with Crippen molar-refractivity contribution in [3.05, 3.63) is 83.9 Å². The first-order valence-corrected chi connectivity index (χ1v) is 6.64. The lowest BCUT2D eigenvalue weighted by atomic mass is 9.70. The number of hydrogen-bond acceptors (Lipinski definition) is 1. The fourth-order valence-corrected chi connectivity index (χ4v) is 2.71. The molecule has 0 saturated carbocycles. The molecule has 1 heteroatoms. The normalized spacial score (nSPS) is 11.3. The van der Waals surface area contributed by atoms with Crippen LogP contribution in [0, 0.1) is 0 Å². The summed E-state index contributed by atoms with van der Waals surface area (Å²) in [7, 11) is 0. The van der Waals surface area contributed by atoms with Gasteiger partial charge in [0.25, 0.3) is 0 Å². The van der Waals surface area contributed by atoms with Crippen molar-refractivity contribution in [2.45, 2.75) is 18.8 Å². The highest BCUT2D eigenvalue weighted by Gasteiger charge is 2.32. The lowest BCUT2D eigenvalue weighted by molar-refractivity contribution is 0.520. The van der Waals surface area contributed by atoms with Crippen molar-refractivity contribution in [2.75, 3.05) is 6.54 Å². The van der Waals surface area contributed by atoms with E-state index < -0.39 is 0 Å². The van der Waals surface area contributed by atoms with E-state index in [9.17, 15) is 0 Å². The largest absolute Gasteiger partial charge is 0.329 e. The van der Waals surface area contributed by atoms with Gasteiger partial charge in [-0.2, -0.15) is 0 Å². The van der Waals surface area contributed by atoms with E-state index in [2.05, 4.69) is 62.0 Å². The minimum atomic E-state index is -0.172. The molecule has 0 bridgehead atoms. The van der Waals surface area contributed by atoms with Crippen molar-refractivity contribution in [3.8, 4) is 0 Å². The van der Waals surface area contributed by atoms with Crippen molar-refractivity contribution >= 4 is 0 Å². The van der Waals surface area contributed by atoms with Crippen LogP contribution in [0.2, 0.25) is 0 Å². The van der Waals surface area contributed by atoms with Gasteiger partial charge in [0.05, 0.1) is 0 Å². The van der Waals surface area contributed by atoms with Gasteiger partial charge in [0.1, 0.15) is 0 Å². The van der Waals surface area contributed by atoms with Gasteiger partial charge < -0.3 is 5.73 Å². The van der Waals surface area contributed by atoms with Gasteiger partial charge in [0.2, 0.25) is 0 Å². The molecule has 0 aliphatic heterocycles. The molecule has 1 nitrogen and oxygen atoms in total. The van der Waals surface area contributed by atoms with Crippen LogP contribution < -0.4 is 5.73 Å². The van der Waals surface area contributed by atoms with E-state index >= 15 is 0 Å². The zero-order valence-corrected chi connectivity index (χ0v) is 11.5. The van der Waals surface area contributed by atoms with Crippen LogP contribution in [0.25, 0.3) is 0 Å². The van der Waals surface area contributed by atoms with Gasteiger partial charge in [-0.15, -0.1) is 6.58 Å². The third kappa shape index (κ3) is 2.77. The summed E-state index contributed by atoms with van der Waals surface area (Å²) < 4.78 is 0. The Kier molecular flexibility index (Phi) is 4.18. The zero-order chi connectivity index (χ0) is 13.7. The first kappa shape index (κ1) is 13.6. The van der Waals surface area contributed by atoms with Crippen LogP contribution in [0.3, 0.4) is 0 Å². The molecular formula is C18H21N. The monoisotopic (exact) mass is 251 g/mol. The molecule has 2 aromatic carbocycles. The maximum atomic E-state index is 6.18. The molecule has 0 unspecified atom stereocenters. The molecule has 2 N–H and O–H groups in total. The molecule has 2 rings (SSSR count). The fourth-order valence-electron chi connectivity index (χ4n) is 2.71. The van der Waals surface area contributed by atoms with Crippen molar-refractivity contribution < 1.29 is 0 Å². The smallest absolute Gasteiger partial charge is 0.0361 e. The maximum Gasteiger partial charge on any atom is 0.0361 e. The van der Waals surface area contributed by atoms with E-state index in [1.165, 1.54) is 11.1 Å². The molecule has 0 saturated heterocycles. The Morgan fingerprint density at radius 2 is 1.37 bits per heavy atom. The summed E-state index contributed by atoms with van der Waals surface area (Å²) in [5.74, 6) is 0. The molecule has 0 aliphatic carbocycles. The minimum absolute atomic E-state index is 0.172. The van der Waals surface area contributed by atoms with Gasteiger partial charge in [0.15, 0.2) is 0 Å². The van der Waals surface area contributed by atoms with Crippen LogP contribution in [-0.4, -0.2) is 6.54 Å². The Bertz CT molecular complexity index is 489. The second-order valence-corrected chi connectivity index (χ2v) is 5.15. The summed E-state index contributed by atoms with van der Waals surface area (Å²) in [6.45, 7) is 6.73. The molecule has 0 amide bonds. The molecule has 19 heavy (non-hydrogen) atoms. The molecule has 0 aromatic heterocycles. The van der Waals surface area contributed by atoms with Gasteiger partial charge in [0, 0.05) is 12.0 Å². The predicted octanol–water partition coefficient (Wildman–Crippen LogP) is 3.90. The fraction of sp³-hybridized carbons (Fsp3) is 0.222. The molecule has 2 aromatic rings. The van der Waals surface area contributed by atoms with Gasteiger partial charge >= 0.3 is 0 Å². The van der Waals surface area contributed by atoms with Gasteiger partial charge in [-0.25, -0.2) is 0 Å². The van der Waals surface area contributed by atoms with E-state index in [1.807, 2.05) is 12.1 Å². The third-order valence-corrected chi connectivity index (χ3v) is 3.60. The van der Waals surface area contributed by atoms with Crippen LogP contribution in [-0.2, 0) is 5.41 Å². The first-order valence-electron chi connectivity index (χ1n) is 6.64. The summed E-state index contributed by atoms with van der Waals surface area (Å²) in [5.41, 5.74) is 9.67. The molecular weight excluding hydrogens is 230 g/mol. The zero-order valence-electron chi connectivity index (χ0n) is 11.5. The van der Waals surface area contributed by atoms with E-state index in [0.29, 0.717) is 6.54 Å². The van der Waals surface area contributed by atoms with Gasteiger partial charge in [-0.1, -0.05) is 66.2 Å². The van der Waals surface area contributed by atoms with Crippen molar-refractivity contribution in [1.29, 1.82) is 0 Å². The quantitative estimate of drug-likeness (QED) is 0.801. The van der Waals surface area contributed by atoms with E-state index in [1.54, 1.807) is 0 Å². The second-order valence-electron chi connectivity index (χ2n) is 5.15. The summed E-state index contributed by atoms with van der Waals surface area (Å²) >= 11 is 0. The Balaban J connectivity index is 2.58. The Morgan fingerprint density at radius 1 is 0.947 bits per heavy atom. The Labute approximate surface area is 115 Å². The second kappa shape index (κ2) is 5.85. The maximum absolute atomic E-state index is 6.18. The Hall–Kier alpha value is -1.86. The van der Waals surface area contributed by atoms with Crippen LogP contribution in [0.15, 0.2) is 72.8 Å². The number of benzene rings is 2. The lowest BCUT2D eigenvalue weighted by Crippen LogP contribution is -2.36. The minimum Gasteiger partial charge on any atom is -0.329 e. The van der Waals surface area contributed by atoms with E-state index in [4.69, 9.17) is 5.73 Å². The van der Waals surface area contributed by atoms with Gasteiger partial charge in [-0.05, 0) is 24.5 Å². The predicted molar refractivity (Wildman–Crippen MR) is 82.1 cm³/mol. The van der Waals surface area contributed by atoms with E-state index in [0.717, 1.165) is 12.0 Å². The number of rotatable bonds is 5. The van der Waals surface area contributed by atoms with Crippen LogP contribution in [0.5, 0.6) is 0 Å². The number of nitrogens with two attached hydrogens (primary N) is 1. The highest BCUT2D eigenvalue weighted by atomic mass is 14.6. The topological polar surface area (TPSA) is 26.0 Å². The van der Waals surface area contributed by atoms with Crippen molar-refractivity contribution in [3.63, 3.8) is 0 Å². The highest BCUT2D eigenvalue weighted by molar-refractivity contribution is 5.41. The van der Waals surface area contributed by atoms with Crippen molar-refractivity contribution in [2.24, 2.45) is 5.73 Å². The summed E-state index contributed by atoms with van der Waals surface area (Å²) in [4.78, 5) is 0. The van der Waals surface area contributed by atoms with Crippen LogP contribution >= 0.6 is 0 Å². The van der Waals surface area contributed by atoms with Crippen LogP contribution in [0.1, 0.15) is 24.5 Å². The molecule has 98 valence electrons. The molecule has 0 atom stereocenters. The first-order chi connectivity index (χ1) is 9.19. The molecule has 0 spiro atoms. The molecule has 0 radical (unpaired) electrons. The third-order valence-electron chi connectivity index (χ3n) is 3.60. The number of hydrogen-bond donors (Lipinski definition) is 1. The molecule has 0 heterocycles. The lowest BCUT2D eigenvalue weighted by Gasteiger charge is -2.34. The molecule has 0 aliphatic rings. The van der Waals surface area contributed by atoms with Gasteiger partial charge in [-0.3, -0.25) is 0 Å². The van der Waals surface area contributed by atoms with E-state index in [-0.39, 0.29) is 5.41 Å². The number of allylic oxidation sites excluding steroid dienone is 1.